The highest BCUT2D eigenvalue weighted by molar-refractivity contribution is 8.12. The minimum Gasteiger partial charge on any atom is -0.286 e. The van der Waals surface area contributed by atoms with Crippen LogP contribution in [0, 0.1) is 0 Å². The summed E-state index contributed by atoms with van der Waals surface area (Å²) < 4.78 is 0. The van der Waals surface area contributed by atoms with Crippen LogP contribution in [-0.4, -0.2) is 17.8 Å². The van der Waals surface area contributed by atoms with Gasteiger partial charge in [0, 0.05) is 6.54 Å². The van der Waals surface area contributed by atoms with Crippen molar-refractivity contribution in [1.82, 2.24) is 0 Å². The lowest BCUT2D eigenvalue weighted by Crippen LogP contribution is -1.78. The van der Waals surface area contributed by atoms with Crippen LogP contribution in [0.15, 0.2) is 4.99 Å². The summed E-state index contributed by atoms with van der Waals surface area (Å²) in [5.41, 5.74) is 1.99. The van der Waals surface area contributed by atoms with Crippen LogP contribution in [0.1, 0.15) is 33.1 Å². The number of rotatable bonds is 6. The fourth-order valence-corrected chi connectivity index (χ4v) is 1.29. The smallest absolute Gasteiger partial charge is 0.0541 e. The van der Waals surface area contributed by atoms with Gasteiger partial charge in [-0.1, -0.05) is 20.3 Å². The van der Waals surface area contributed by atoms with Crippen molar-refractivity contribution in [3.63, 3.8) is 0 Å². The van der Waals surface area contributed by atoms with Gasteiger partial charge in [0.05, 0.1) is 5.55 Å². The normalized spacial score (nSPS) is 11.0. The molecule has 0 fully saturated rings. The van der Waals surface area contributed by atoms with E-state index in [1.807, 2.05) is 17.3 Å². The first-order valence-corrected chi connectivity index (χ1v) is 5.06. The van der Waals surface area contributed by atoms with Crippen molar-refractivity contribution in [2.24, 2.45) is 4.99 Å². The van der Waals surface area contributed by atoms with Crippen LogP contribution < -0.4 is 0 Å². The molecule has 0 aromatic carbocycles. The predicted octanol–water partition coefficient (Wildman–Crippen LogP) is 2.96. The second kappa shape index (κ2) is 9.02. The summed E-state index contributed by atoms with van der Waals surface area (Å²) in [4.78, 5) is 4.20. The second-order valence-corrected chi connectivity index (χ2v) is 3.19. The van der Waals surface area contributed by atoms with E-state index in [9.17, 15) is 0 Å². The molecule has 0 aromatic rings. The summed E-state index contributed by atoms with van der Waals surface area (Å²) in [5, 5.41) is 0. The molecule has 0 aromatic heterocycles. The Morgan fingerprint density at radius 3 is 2.70 bits per heavy atom. The highest BCUT2D eigenvalue weighted by atomic mass is 32.2. The Morgan fingerprint density at radius 2 is 2.10 bits per heavy atom. The van der Waals surface area contributed by atoms with Gasteiger partial charge < -0.3 is 0 Å². The largest absolute Gasteiger partial charge is 0.286 e. The maximum absolute atomic E-state index is 4.20. The molecule has 10 heavy (non-hydrogen) atoms. The van der Waals surface area contributed by atoms with Crippen LogP contribution in [-0.2, 0) is 0 Å². The molecule has 0 radical (unpaired) electrons. The molecule has 60 valence electrons. The van der Waals surface area contributed by atoms with Gasteiger partial charge in [-0.3, -0.25) is 4.99 Å². The number of thioether (sulfide) groups is 1. The van der Waals surface area contributed by atoms with E-state index in [0.29, 0.717) is 0 Å². The van der Waals surface area contributed by atoms with Crippen molar-refractivity contribution in [3.8, 4) is 0 Å². The maximum atomic E-state index is 4.20. The Hall–Kier alpha value is 0.0200. The van der Waals surface area contributed by atoms with Gasteiger partial charge in [-0.05, 0) is 18.6 Å². The van der Waals surface area contributed by atoms with Gasteiger partial charge in [-0.2, -0.15) is 0 Å². The fourth-order valence-electron chi connectivity index (χ4n) is 0.515. The minimum absolute atomic E-state index is 0.985. The molecule has 0 atom stereocenters. The van der Waals surface area contributed by atoms with Gasteiger partial charge in [-0.15, -0.1) is 11.8 Å². The molecule has 2 heteroatoms. The molecule has 1 nitrogen and oxygen atoms in total. The summed E-state index contributed by atoms with van der Waals surface area (Å²) in [5.74, 6) is 1.23. The Bertz CT molecular complexity index is 81.3. The lowest BCUT2D eigenvalue weighted by atomic mass is 10.4. The Balaban J connectivity index is 2.88. The lowest BCUT2D eigenvalue weighted by molar-refractivity contribution is 0.898. The molecule has 0 rings (SSSR count). The van der Waals surface area contributed by atoms with Gasteiger partial charge in [-0.25, -0.2) is 0 Å². The van der Waals surface area contributed by atoms with E-state index in [1.54, 1.807) is 0 Å². The van der Waals surface area contributed by atoms with E-state index < -0.39 is 0 Å². The van der Waals surface area contributed by atoms with Crippen molar-refractivity contribution in [1.29, 1.82) is 0 Å². The van der Waals surface area contributed by atoms with E-state index in [2.05, 4.69) is 18.8 Å². The van der Waals surface area contributed by atoms with Crippen molar-refractivity contribution in [2.45, 2.75) is 33.1 Å². The van der Waals surface area contributed by atoms with Gasteiger partial charge in [0.25, 0.3) is 0 Å². The molecular formula is C8H17NS. The van der Waals surface area contributed by atoms with Crippen LogP contribution in [0.25, 0.3) is 0 Å². The van der Waals surface area contributed by atoms with E-state index in [4.69, 9.17) is 0 Å². The van der Waals surface area contributed by atoms with Gasteiger partial charge in [0.2, 0.25) is 0 Å². The minimum atomic E-state index is 0.985. The summed E-state index contributed by atoms with van der Waals surface area (Å²) in [6.45, 7) is 5.34. The van der Waals surface area contributed by atoms with Gasteiger partial charge in [0.15, 0.2) is 0 Å². The zero-order valence-corrected chi connectivity index (χ0v) is 7.78. The van der Waals surface area contributed by atoms with Crippen LogP contribution in [0.4, 0.5) is 0 Å². The molecule has 0 spiro atoms. The van der Waals surface area contributed by atoms with Crippen LogP contribution in [0.3, 0.4) is 0 Å². The number of hydrogen-bond acceptors (Lipinski definition) is 2. The van der Waals surface area contributed by atoms with Gasteiger partial charge >= 0.3 is 0 Å². The topological polar surface area (TPSA) is 12.4 Å². The number of unbranched alkanes of at least 4 members (excludes halogenated alkanes) is 1. The SMILES string of the molecule is CCCCSC=NCCC. The van der Waals surface area contributed by atoms with E-state index in [0.717, 1.165) is 13.0 Å². The van der Waals surface area contributed by atoms with E-state index in [-0.39, 0.29) is 0 Å². The number of nitrogens with zero attached hydrogens (tertiary/aromatic N) is 1. The van der Waals surface area contributed by atoms with Crippen LogP contribution in [0.2, 0.25) is 0 Å². The average molecular weight is 159 g/mol. The molecule has 0 unspecified atom stereocenters. The molecule has 0 amide bonds. The molecule has 0 N–H and O–H groups in total. The van der Waals surface area contributed by atoms with Crippen molar-refractivity contribution in [2.75, 3.05) is 12.3 Å². The molecule has 0 saturated heterocycles. The van der Waals surface area contributed by atoms with Crippen LogP contribution >= 0.6 is 11.8 Å². The molecule has 0 aliphatic rings. The first-order valence-electron chi connectivity index (χ1n) is 4.01. The number of aliphatic imine (C=N–C) groups is 1. The van der Waals surface area contributed by atoms with Gasteiger partial charge in [0.1, 0.15) is 0 Å². The highest BCUT2D eigenvalue weighted by Gasteiger charge is 1.81. The summed E-state index contributed by atoms with van der Waals surface area (Å²) in [6, 6.07) is 0. The first kappa shape index (κ1) is 10.0. The third-order valence-electron chi connectivity index (χ3n) is 1.12. The molecule has 0 bridgehead atoms. The predicted molar refractivity (Wildman–Crippen MR) is 51.0 cm³/mol. The molecule has 0 aliphatic heterocycles. The maximum Gasteiger partial charge on any atom is 0.0541 e. The van der Waals surface area contributed by atoms with Crippen molar-refractivity contribution >= 4 is 17.3 Å². The Morgan fingerprint density at radius 1 is 1.30 bits per heavy atom. The fraction of sp³-hybridized carbons (Fsp3) is 0.875. The van der Waals surface area contributed by atoms with E-state index >= 15 is 0 Å². The average Bonchev–Trinajstić information content (AvgIpc) is 1.97. The zero-order valence-electron chi connectivity index (χ0n) is 6.97. The molecular weight excluding hydrogens is 142 g/mol. The molecule has 0 saturated carbocycles. The molecule has 0 heterocycles. The third kappa shape index (κ3) is 8.02. The van der Waals surface area contributed by atoms with Crippen molar-refractivity contribution < 1.29 is 0 Å². The Labute approximate surface area is 68.3 Å². The monoisotopic (exact) mass is 159 g/mol. The molecule has 0 aliphatic carbocycles. The quantitative estimate of drug-likeness (QED) is 0.330. The lowest BCUT2D eigenvalue weighted by Gasteiger charge is -1.90. The summed E-state index contributed by atoms with van der Waals surface area (Å²) >= 11 is 1.83. The first-order chi connectivity index (χ1) is 4.91. The standard InChI is InChI=1S/C8H17NS/c1-3-5-7-10-8-9-6-4-2/h8H,3-7H2,1-2H3. The summed E-state index contributed by atoms with van der Waals surface area (Å²) in [7, 11) is 0. The zero-order chi connectivity index (χ0) is 7.66. The Kier molecular flexibility index (Phi) is 9.04. The van der Waals surface area contributed by atoms with Crippen LogP contribution in [0.5, 0.6) is 0 Å². The van der Waals surface area contributed by atoms with Crippen molar-refractivity contribution in [3.05, 3.63) is 0 Å². The van der Waals surface area contributed by atoms with E-state index in [1.165, 1.54) is 18.6 Å². The summed E-state index contributed by atoms with van der Waals surface area (Å²) in [6.07, 6.45) is 3.75. The number of hydrogen-bond donors (Lipinski definition) is 0. The second-order valence-electron chi connectivity index (χ2n) is 2.24. The third-order valence-corrected chi connectivity index (χ3v) is 1.94. The highest BCUT2D eigenvalue weighted by Crippen LogP contribution is 1.99.